The first-order valence-electron chi connectivity index (χ1n) is 9.21. The molecule has 0 aliphatic carbocycles. The summed E-state index contributed by atoms with van der Waals surface area (Å²) in [6, 6.07) is 4.11. The van der Waals surface area contributed by atoms with Crippen molar-refractivity contribution in [1.29, 1.82) is 0 Å². The number of nitrogens with one attached hydrogen (secondary N) is 3. The van der Waals surface area contributed by atoms with Gasteiger partial charge in [0.25, 0.3) is 5.56 Å². The number of carbonyl (C=O) groups excluding carboxylic acids is 1. The van der Waals surface area contributed by atoms with E-state index in [4.69, 9.17) is 0 Å². The van der Waals surface area contributed by atoms with Crippen molar-refractivity contribution in [2.75, 3.05) is 18.4 Å². The molecule has 1 aliphatic heterocycles. The lowest BCUT2D eigenvalue weighted by Gasteiger charge is -2.31. The van der Waals surface area contributed by atoms with Gasteiger partial charge in [-0.25, -0.2) is 13.2 Å². The number of carbonyl (C=O) groups is 1. The lowest BCUT2D eigenvalue weighted by molar-refractivity contribution is -0.137. The number of H-pyrrole nitrogens is 2. The van der Waals surface area contributed by atoms with Gasteiger partial charge in [0.2, 0.25) is 15.9 Å². The number of benzene rings is 1. The summed E-state index contributed by atoms with van der Waals surface area (Å²) in [7, 11) is -4.31. The van der Waals surface area contributed by atoms with Gasteiger partial charge in [-0.3, -0.25) is 14.6 Å². The second-order valence-corrected chi connectivity index (χ2v) is 9.01. The number of hydrogen-bond acceptors (Lipinski definition) is 5. The Morgan fingerprint density at radius 3 is 2.58 bits per heavy atom. The standard InChI is InChI=1S/C18H19F3N4O5S/c1-10-14(16(27)24-17(28)22-10)31(29,30)25-7-3-4-11(9-25)15(26)23-13-6-2-5-12(8-13)18(19,20)21/h2,5-6,8,11H,3-4,7,9H2,1H3,(H,23,26)(H2,22,24,27,28)/t11-/m0/s1. The highest BCUT2D eigenvalue weighted by Crippen LogP contribution is 2.31. The molecule has 1 fully saturated rings. The summed E-state index contributed by atoms with van der Waals surface area (Å²) in [6.45, 7) is 1.06. The minimum atomic E-state index is -4.57. The van der Waals surface area contributed by atoms with Crippen molar-refractivity contribution in [2.45, 2.75) is 30.8 Å². The molecule has 31 heavy (non-hydrogen) atoms. The van der Waals surface area contributed by atoms with Crippen LogP contribution in [0, 0.1) is 12.8 Å². The monoisotopic (exact) mass is 460 g/mol. The van der Waals surface area contributed by atoms with E-state index < -0.39 is 49.7 Å². The number of rotatable bonds is 4. The number of aryl methyl sites for hydroxylation is 1. The van der Waals surface area contributed by atoms with Crippen molar-refractivity contribution < 1.29 is 26.4 Å². The highest BCUT2D eigenvalue weighted by molar-refractivity contribution is 7.89. The minimum Gasteiger partial charge on any atom is -0.326 e. The van der Waals surface area contributed by atoms with E-state index >= 15 is 0 Å². The van der Waals surface area contributed by atoms with Crippen molar-refractivity contribution in [3.8, 4) is 0 Å². The van der Waals surface area contributed by atoms with Gasteiger partial charge in [-0.15, -0.1) is 0 Å². The fraction of sp³-hybridized carbons (Fsp3) is 0.389. The van der Waals surface area contributed by atoms with Crippen LogP contribution in [-0.4, -0.2) is 41.7 Å². The largest absolute Gasteiger partial charge is 0.416 e. The number of nitrogens with zero attached hydrogens (tertiary/aromatic N) is 1. The molecule has 1 aromatic heterocycles. The molecule has 2 heterocycles. The van der Waals surface area contributed by atoms with Gasteiger partial charge in [-0.05, 0) is 38.0 Å². The van der Waals surface area contributed by atoms with Crippen LogP contribution in [0.15, 0.2) is 38.8 Å². The van der Waals surface area contributed by atoms with Gasteiger partial charge in [0.15, 0.2) is 4.90 Å². The number of halogens is 3. The first-order chi connectivity index (χ1) is 14.4. The SMILES string of the molecule is Cc1[nH]c(=O)[nH]c(=O)c1S(=O)(=O)N1CCC[C@H](C(=O)Nc2cccc(C(F)(F)F)c2)C1. The van der Waals surface area contributed by atoms with Crippen LogP contribution in [0.5, 0.6) is 0 Å². The van der Waals surface area contributed by atoms with Gasteiger partial charge >= 0.3 is 11.9 Å². The fourth-order valence-electron chi connectivity index (χ4n) is 3.42. The molecule has 168 valence electrons. The Bertz CT molecular complexity index is 1220. The maximum absolute atomic E-state index is 12.9. The maximum atomic E-state index is 12.9. The lowest BCUT2D eigenvalue weighted by atomic mass is 9.98. The molecule has 0 saturated carbocycles. The molecule has 1 aromatic carbocycles. The third-order valence-electron chi connectivity index (χ3n) is 4.89. The third kappa shape index (κ3) is 4.88. The van der Waals surface area contributed by atoms with Gasteiger partial charge in [0, 0.05) is 24.5 Å². The van der Waals surface area contributed by atoms with Crippen molar-refractivity contribution in [2.24, 2.45) is 5.92 Å². The zero-order chi connectivity index (χ0) is 23.0. The predicted octanol–water partition coefficient (Wildman–Crippen LogP) is 1.43. The molecule has 1 amide bonds. The molecule has 0 spiro atoms. The summed E-state index contributed by atoms with van der Waals surface area (Å²) in [5.74, 6) is -1.47. The summed E-state index contributed by atoms with van der Waals surface area (Å²) in [6.07, 6.45) is -3.95. The third-order valence-corrected chi connectivity index (χ3v) is 6.90. The zero-order valence-corrected chi connectivity index (χ0v) is 17.1. The number of hydrogen-bond donors (Lipinski definition) is 3. The molecule has 3 N–H and O–H groups in total. The molecule has 9 nitrogen and oxygen atoms in total. The Kier molecular flexibility index (Phi) is 6.09. The second-order valence-electron chi connectivity index (χ2n) is 7.13. The summed E-state index contributed by atoms with van der Waals surface area (Å²) in [5.41, 5.74) is -3.04. The number of sulfonamides is 1. The van der Waals surface area contributed by atoms with Crippen molar-refractivity contribution in [3.63, 3.8) is 0 Å². The normalized spacial score (nSPS) is 18.0. The van der Waals surface area contributed by atoms with E-state index in [1.54, 1.807) is 0 Å². The van der Waals surface area contributed by atoms with Crippen LogP contribution in [0.3, 0.4) is 0 Å². The topological polar surface area (TPSA) is 132 Å². The van der Waals surface area contributed by atoms with E-state index in [9.17, 15) is 36.0 Å². The molecule has 2 aromatic rings. The molecule has 13 heteroatoms. The van der Waals surface area contributed by atoms with Crippen LogP contribution in [0.2, 0.25) is 0 Å². The number of anilines is 1. The number of aromatic amines is 2. The smallest absolute Gasteiger partial charge is 0.326 e. The number of aromatic nitrogens is 2. The first-order valence-corrected chi connectivity index (χ1v) is 10.6. The Morgan fingerprint density at radius 2 is 1.94 bits per heavy atom. The van der Waals surface area contributed by atoms with E-state index in [0.717, 1.165) is 22.5 Å². The van der Waals surface area contributed by atoms with Crippen LogP contribution in [-0.2, 0) is 21.0 Å². The lowest BCUT2D eigenvalue weighted by Crippen LogP contribution is -2.45. The molecule has 1 saturated heterocycles. The van der Waals surface area contributed by atoms with Crippen molar-refractivity contribution >= 4 is 21.6 Å². The summed E-state index contributed by atoms with van der Waals surface area (Å²) < 4.78 is 65.4. The highest BCUT2D eigenvalue weighted by atomic mass is 32.2. The number of amides is 1. The Balaban J connectivity index is 1.80. The van der Waals surface area contributed by atoms with E-state index in [2.05, 4.69) is 10.3 Å². The first kappa shape index (κ1) is 22.7. The summed E-state index contributed by atoms with van der Waals surface area (Å²) >= 11 is 0. The van der Waals surface area contributed by atoms with E-state index in [1.807, 2.05) is 4.98 Å². The molecule has 0 bridgehead atoms. The predicted molar refractivity (Wildman–Crippen MR) is 104 cm³/mol. The Labute approximate surface area is 174 Å². The number of alkyl halides is 3. The summed E-state index contributed by atoms with van der Waals surface area (Å²) in [4.78, 5) is 39.4. The van der Waals surface area contributed by atoms with Crippen LogP contribution < -0.4 is 16.6 Å². The van der Waals surface area contributed by atoms with E-state index in [1.165, 1.54) is 13.0 Å². The van der Waals surface area contributed by atoms with Crippen LogP contribution in [0.1, 0.15) is 24.1 Å². The van der Waals surface area contributed by atoms with Crippen molar-refractivity contribution in [3.05, 3.63) is 56.4 Å². The fourth-order valence-corrected chi connectivity index (χ4v) is 5.15. The van der Waals surface area contributed by atoms with Gasteiger partial charge in [0.05, 0.1) is 11.5 Å². The molecule has 0 unspecified atom stereocenters. The van der Waals surface area contributed by atoms with Gasteiger partial charge in [-0.1, -0.05) is 6.07 Å². The molecule has 0 radical (unpaired) electrons. The Hall–Kier alpha value is -2.93. The quantitative estimate of drug-likeness (QED) is 0.635. The molecular formula is C18H19F3N4O5S. The number of piperidine rings is 1. The van der Waals surface area contributed by atoms with Crippen LogP contribution >= 0.6 is 0 Å². The van der Waals surface area contributed by atoms with Crippen LogP contribution in [0.25, 0.3) is 0 Å². The van der Waals surface area contributed by atoms with E-state index in [0.29, 0.717) is 12.8 Å². The van der Waals surface area contributed by atoms with Gasteiger partial charge in [-0.2, -0.15) is 17.5 Å². The minimum absolute atomic E-state index is 0.0493. The van der Waals surface area contributed by atoms with Crippen LogP contribution in [0.4, 0.5) is 18.9 Å². The molecule has 1 atom stereocenters. The highest BCUT2D eigenvalue weighted by Gasteiger charge is 2.36. The molecule has 1 aliphatic rings. The molecular weight excluding hydrogens is 441 g/mol. The maximum Gasteiger partial charge on any atom is 0.416 e. The second kappa shape index (κ2) is 8.30. The molecule has 3 rings (SSSR count). The van der Waals surface area contributed by atoms with E-state index in [-0.39, 0.29) is 24.5 Å². The average Bonchev–Trinajstić information content (AvgIpc) is 2.66. The zero-order valence-electron chi connectivity index (χ0n) is 16.2. The van der Waals surface area contributed by atoms with Gasteiger partial charge < -0.3 is 10.3 Å². The Morgan fingerprint density at radius 1 is 1.23 bits per heavy atom. The average molecular weight is 460 g/mol. The van der Waals surface area contributed by atoms with Gasteiger partial charge in [0.1, 0.15) is 0 Å². The van der Waals surface area contributed by atoms with Crippen molar-refractivity contribution in [1.82, 2.24) is 14.3 Å². The summed E-state index contributed by atoms with van der Waals surface area (Å²) in [5, 5.41) is 2.39.